The van der Waals surface area contributed by atoms with Crippen LogP contribution in [0.25, 0.3) is 0 Å². The predicted molar refractivity (Wildman–Crippen MR) is 100 cm³/mol. The summed E-state index contributed by atoms with van der Waals surface area (Å²) in [5.74, 6) is 0. The minimum absolute atomic E-state index is 0.249. The molecule has 0 spiro atoms. The van der Waals surface area contributed by atoms with E-state index in [-0.39, 0.29) is 3.12 Å². The van der Waals surface area contributed by atoms with Crippen LogP contribution in [0.1, 0.15) is 54.9 Å². The number of rotatable bonds is 11. The van der Waals surface area contributed by atoms with E-state index in [1.165, 1.54) is 6.42 Å². The van der Waals surface area contributed by atoms with Crippen LogP contribution in [0.3, 0.4) is 0 Å². The van der Waals surface area contributed by atoms with Crippen LogP contribution in [0.5, 0.6) is 0 Å². The van der Waals surface area contributed by atoms with Crippen molar-refractivity contribution in [2.75, 3.05) is 39.3 Å². The number of hydrogen-bond acceptors (Lipinski definition) is 3. The molecule has 1 aliphatic carbocycles. The third-order valence-corrected chi connectivity index (χ3v) is 21.6. The van der Waals surface area contributed by atoms with E-state index in [2.05, 4.69) is 81.3 Å². The third kappa shape index (κ3) is 3.47. The molecular formula is C19H39N3Zr. The van der Waals surface area contributed by atoms with Gasteiger partial charge >= 0.3 is 151 Å². The standard InChI is InChI=1S/C7H9.3C4H10N.Zr/c1-2-7-5-3-4-6-7;3*1-3-5-4-2;/h3-6H,2H2,1H3;3*3-4H2,1-2H3;/q;3*-1;+3. The molecule has 0 N–H and O–H groups in total. The third-order valence-electron chi connectivity index (χ3n) is 5.72. The Morgan fingerprint density at radius 3 is 1.13 bits per heavy atom. The van der Waals surface area contributed by atoms with Gasteiger partial charge in [0.1, 0.15) is 0 Å². The second-order valence-electron chi connectivity index (χ2n) is 6.26. The van der Waals surface area contributed by atoms with E-state index in [1.807, 2.05) is 0 Å². The summed E-state index contributed by atoms with van der Waals surface area (Å²) in [7, 11) is 0. The van der Waals surface area contributed by atoms with Gasteiger partial charge in [-0.1, -0.05) is 0 Å². The molecule has 0 heterocycles. The summed E-state index contributed by atoms with van der Waals surface area (Å²) >= 11 is -3.09. The van der Waals surface area contributed by atoms with Gasteiger partial charge in [-0.2, -0.15) is 0 Å². The van der Waals surface area contributed by atoms with Crippen LogP contribution in [0.4, 0.5) is 0 Å². The molecule has 0 unspecified atom stereocenters. The first-order valence-corrected chi connectivity index (χ1v) is 14.2. The Bertz CT molecular complexity index is 350. The summed E-state index contributed by atoms with van der Waals surface area (Å²) < 4.78 is 8.91. The molecule has 0 aromatic rings. The van der Waals surface area contributed by atoms with Crippen LogP contribution >= 0.6 is 0 Å². The molecule has 0 bridgehead atoms. The van der Waals surface area contributed by atoms with Gasteiger partial charge in [0, 0.05) is 0 Å². The van der Waals surface area contributed by atoms with Gasteiger partial charge in [0.15, 0.2) is 0 Å². The molecule has 0 atom stereocenters. The summed E-state index contributed by atoms with van der Waals surface area (Å²) in [6.45, 7) is 23.5. The summed E-state index contributed by atoms with van der Waals surface area (Å²) in [4.78, 5) is 0. The van der Waals surface area contributed by atoms with Gasteiger partial charge in [0.25, 0.3) is 0 Å². The number of hydrogen-bond donors (Lipinski definition) is 0. The molecule has 1 aliphatic rings. The summed E-state index contributed by atoms with van der Waals surface area (Å²) in [6.07, 6.45) is 10.9. The Kier molecular flexibility index (Phi) is 8.94. The van der Waals surface area contributed by atoms with Crippen LogP contribution < -0.4 is 0 Å². The van der Waals surface area contributed by atoms with Crippen molar-refractivity contribution in [3.63, 3.8) is 0 Å². The van der Waals surface area contributed by atoms with Gasteiger partial charge in [-0.05, 0) is 0 Å². The fraction of sp³-hybridized carbons (Fsp3) is 0.789. The average molecular weight is 401 g/mol. The second kappa shape index (κ2) is 9.66. The van der Waals surface area contributed by atoms with E-state index >= 15 is 0 Å². The zero-order chi connectivity index (χ0) is 17.5. The van der Waals surface area contributed by atoms with Crippen LogP contribution in [0.15, 0.2) is 24.3 Å². The van der Waals surface area contributed by atoms with Gasteiger partial charge in [0.2, 0.25) is 0 Å². The maximum absolute atomic E-state index is 3.09. The zero-order valence-electron chi connectivity index (χ0n) is 16.6. The molecular weight excluding hydrogens is 361 g/mol. The molecule has 23 heavy (non-hydrogen) atoms. The van der Waals surface area contributed by atoms with Crippen LogP contribution in [0.2, 0.25) is 3.12 Å². The van der Waals surface area contributed by atoms with E-state index in [0.717, 1.165) is 39.3 Å². The number of allylic oxidation sites excluding steroid dienone is 4. The SMILES string of the molecule is CC[N](CC)[Zr]([N](CC)CC)([N](CC)CC)[C]1(CC)C=CC=C1. The molecule has 1 rings (SSSR count). The molecule has 0 amide bonds. The van der Waals surface area contributed by atoms with E-state index in [9.17, 15) is 0 Å². The predicted octanol–water partition coefficient (Wildman–Crippen LogP) is 4.61. The summed E-state index contributed by atoms with van der Waals surface area (Å²) in [5, 5.41) is 0. The quantitative estimate of drug-likeness (QED) is 0.501. The van der Waals surface area contributed by atoms with Crippen molar-refractivity contribution in [3.8, 4) is 0 Å². The van der Waals surface area contributed by atoms with Crippen LogP contribution in [-0.4, -0.2) is 47.8 Å². The molecule has 134 valence electrons. The van der Waals surface area contributed by atoms with Gasteiger partial charge in [-0.25, -0.2) is 0 Å². The molecule has 0 fully saturated rings. The fourth-order valence-electron chi connectivity index (χ4n) is 4.68. The zero-order valence-corrected chi connectivity index (χ0v) is 19.1. The van der Waals surface area contributed by atoms with Gasteiger partial charge in [0.05, 0.1) is 0 Å². The topological polar surface area (TPSA) is 9.72 Å². The Balaban J connectivity index is 3.70. The molecule has 0 saturated heterocycles. The van der Waals surface area contributed by atoms with Crippen LogP contribution in [-0.2, 0) is 21.1 Å². The maximum atomic E-state index is 2.89. The Labute approximate surface area is 151 Å². The first-order valence-electron chi connectivity index (χ1n) is 9.70. The van der Waals surface area contributed by atoms with E-state index in [4.69, 9.17) is 0 Å². The van der Waals surface area contributed by atoms with Crippen molar-refractivity contribution in [1.29, 1.82) is 0 Å². The number of nitrogens with zero attached hydrogens (tertiary/aromatic N) is 3. The molecule has 0 aromatic heterocycles. The Hall–Kier alpha value is 0.243. The van der Waals surface area contributed by atoms with Crippen molar-refractivity contribution >= 4 is 0 Å². The molecule has 0 radical (unpaired) electrons. The average Bonchev–Trinajstić information content (AvgIpc) is 3.07. The van der Waals surface area contributed by atoms with Gasteiger partial charge in [-0.15, -0.1) is 0 Å². The van der Waals surface area contributed by atoms with E-state index in [0.29, 0.717) is 0 Å². The van der Waals surface area contributed by atoms with Gasteiger partial charge in [-0.3, -0.25) is 0 Å². The summed E-state index contributed by atoms with van der Waals surface area (Å²) in [6, 6.07) is 0. The molecule has 4 heteroatoms. The first kappa shape index (κ1) is 21.3. The summed E-state index contributed by atoms with van der Waals surface area (Å²) in [5.41, 5.74) is 0. The first-order chi connectivity index (χ1) is 11.1. The van der Waals surface area contributed by atoms with Crippen molar-refractivity contribution in [3.05, 3.63) is 24.3 Å². The van der Waals surface area contributed by atoms with E-state index < -0.39 is 21.1 Å². The van der Waals surface area contributed by atoms with Crippen molar-refractivity contribution in [2.24, 2.45) is 0 Å². The minimum atomic E-state index is -3.09. The molecule has 3 nitrogen and oxygen atoms in total. The molecule has 0 aromatic carbocycles. The molecule has 0 aliphatic heterocycles. The Morgan fingerprint density at radius 1 is 0.609 bits per heavy atom. The van der Waals surface area contributed by atoms with Crippen molar-refractivity contribution in [1.82, 2.24) is 8.53 Å². The van der Waals surface area contributed by atoms with Crippen LogP contribution in [0, 0.1) is 0 Å². The second-order valence-corrected chi connectivity index (χ2v) is 16.3. The normalized spacial score (nSPS) is 17.1. The van der Waals surface area contributed by atoms with Crippen molar-refractivity contribution in [2.45, 2.75) is 58.0 Å². The Morgan fingerprint density at radius 2 is 0.913 bits per heavy atom. The monoisotopic (exact) mass is 399 g/mol. The molecule has 0 saturated carbocycles. The van der Waals surface area contributed by atoms with Crippen molar-refractivity contribution < 1.29 is 21.1 Å². The van der Waals surface area contributed by atoms with E-state index in [1.54, 1.807) is 0 Å². The fourth-order valence-corrected chi connectivity index (χ4v) is 21.2. The van der Waals surface area contributed by atoms with Gasteiger partial charge < -0.3 is 0 Å².